The molecule has 0 atom stereocenters. The summed E-state index contributed by atoms with van der Waals surface area (Å²) < 4.78 is 50.1. The highest BCUT2D eigenvalue weighted by molar-refractivity contribution is 5.85. The van der Waals surface area contributed by atoms with E-state index in [1.54, 1.807) is 13.0 Å². The second kappa shape index (κ2) is 21.7. The lowest BCUT2D eigenvalue weighted by atomic mass is 9.99. The molecule has 4 fully saturated rings. The minimum absolute atomic E-state index is 0. The van der Waals surface area contributed by atoms with Crippen LogP contribution in [0.3, 0.4) is 0 Å². The highest BCUT2D eigenvalue weighted by atomic mass is 35.5. The Morgan fingerprint density at radius 2 is 1.04 bits per heavy atom. The van der Waals surface area contributed by atoms with Crippen LogP contribution in [0.5, 0.6) is 0 Å². The summed E-state index contributed by atoms with van der Waals surface area (Å²) in [5.41, 5.74) is 5.62. The summed E-state index contributed by atoms with van der Waals surface area (Å²) in [7, 11) is 0. The van der Waals surface area contributed by atoms with Crippen LogP contribution in [-0.4, -0.2) is 96.4 Å². The molecular formula is C34H51Cl2F3N6O6. The van der Waals surface area contributed by atoms with E-state index < -0.39 is 38.7 Å². The van der Waals surface area contributed by atoms with Crippen LogP contribution in [0.1, 0.15) is 62.5 Å². The number of ether oxygens (including phenoxy) is 2. The molecule has 4 heterocycles. The van der Waals surface area contributed by atoms with Crippen molar-refractivity contribution in [3.8, 4) is 0 Å². The number of nitro benzene ring substituents is 2. The van der Waals surface area contributed by atoms with Crippen LogP contribution in [0, 0.1) is 51.5 Å². The van der Waals surface area contributed by atoms with Gasteiger partial charge >= 0.3 is 11.4 Å². The molecular weight excluding hydrogens is 716 g/mol. The largest absolute Gasteiger partial charge is 0.381 e. The first-order valence-electron chi connectivity index (χ1n) is 17.1. The van der Waals surface area contributed by atoms with Gasteiger partial charge in [0.15, 0.2) is 0 Å². The first-order valence-corrected chi connectivity index (χ1v) is 17.1. The number of nitrogens with zero attached hydrogens (tertiary/aromatic N) is 4. The number of nitro groups is 2. The molecule has 51 heavy (non-hydrogen) atoms. The highest BCUT2D eigenvalue weighted by Crippen LogP contribution is 2.31. The quantitative estimate of drug-likeness (QED) is 0.240. The van der Waals surface area contributed by atoms with E-state index in [2.05, 4.69) is 15.1 Å². The maximum atomic E-state index is 13.9. The summed E-state index contributed by atoms with van der Waals surface area (Å²) in [4.78, 5) is 24.6. The van der Waals surface area contributed by atoms with Gasteiger partial charge in [0.1, 0.15) is 5.69 Å². The zero-order chi connectivity index (χ0) is 35.5. The molecule has 6 rings (SSSR count). The lowest BCUT2D eigenvalue weighted by Gasteiger charge is -2.39. The molecule has 3 N–H and O–H groups in total. The second-order valence-electron chi connectivity index (χ2n) is 13.2. The molecule has 288 valence electrons. The summed E-state index contributed by atoms with van der Waals surface area (Å²) in [5.74, 6) is -3.06. The molecule has 12 nitrogen and oxygen atoms in total. The SMILES string of the molecule is Cc1cc(F)c([N+](=O)[O-])c(F)c1.Cc1cc(F)c([N+](=O)[O-])c(NC2CCN(C3CCOCC3)CC2)c1.Cl.Cl.NC1CCN(C2CCOCC2)CC1. The topological polar surface area (TPSA) is 149 Å². The van der Waals surface area contributed by atoms with Crippen LogP contribution in [0.15, 0.2) is 24.3 Å². The molecule has 4 aliphatic heterocycles. The van der Waals surface area contributed by atoms with Gasteiger partial charge in [-0.25, -0.2) is 0 Å². The van der Waals surface area contributed by atoms with E-state index in [9.17, 15) is 33.4 Å². The zero-order valence-corrected chi connectivity index (χ0v) is 30.8. The minimum Gasteiger partial charge on any atom is -0.381 e. The van der Waals surface area contributed by atoms with Gasteiger partial charge in [0.25, 0.3) is 0 Å². The predicted molar refractivity (Wildman–Crippen MR) is 195 cm³/mol. The van der Waals surface area contributed by atoms with Gasteiger partial charge in [-0.1, -0.05) is 0 Å². The Bertz CT molecular complexity index is 1380. The standard InChI is InChI=1S/C17H24FN3O3.C10H20N2O.C7H5F2NO2.2ClH/c1-12-10-15(18)17(21(22)23)16(11-12)19-13-2-6-20(7-3-13)14-4-8-24-9-5-14;11-9-1-5-12(6-2-9)10-3-7-13-8-4-10;1-4-2-5(8)7(10(11)12)6(9)3-4;;/h10-11,13-14,19H,2-9H2,1H3;9-10H,1-8,11H2;2-3H,1H3;2*1H. The molecule has 0 amide bonds. The Labute approximate surface area is 309 Å². The Morgan fingerprint density at radius 1 is 0.667 bits per heavy atom. The van der Waals surface area contributed by atoms with Crippen molar-refractivity contribution in [1.82, 2.24) is 9.80 Å². The molecule has 0 radical (unpaired) electrons. The van der Waals surface area contributed by atoms with E-state index in [0.29, 0.717) is 28.9 Å². The summed E-state index contributed by atoms with van der Waals surface area (Å²) in [5, 5.41) is 24.4. The fourth-order valence-electron chi connectivity index (χ4n) is 6.91. The summed E-state index contributed by atoms with van der Waals surface area (Å²) >= 11 is 0. The number of hydrogen-bond donors (Lipinski definition) is 2. The number of nitrogens with two attached hydrogens (primary N) is 1. The monoisotopic (exact) mass is 766 g/mol. The second-order valence-corrected chi connectivity index (χ2v) is 13.2. The number of halogens is 5. The van der Waals surface area contributed by atoms with Crippen LogP contribution in [0.25, 0.3) is 0 Å². The number of piperidine rings is 2. The lowest BCUT2D eigenvalue weighted by molar-refractivity contribution is -0.390. The van der Waals surface area contributed by atoms with E-state index in [-0.39, 0.29) is 30.9 Å². The third-order valence-electron chi connectivity index (χ3n) is 9.61. The number of aryl methyl sites for hydroxylation is 2. The summed E-state index contributed by atoms with van der Waals surface area (Å²) in [6.07, 6.45) is 8.76. The van der Waals surface area contributed by atoms with Gasteiger partial charge in [-0.2, -0.15) is 13.2 Å². The van der Waals surface area contributed by atoms with Crippen LogP contribution in [-0.2, 0) is 9.47 Å². The van der Waals surface area contributed by atoms with Crippen molar-refractivity contribution in [2.24, 2.45) is 5.73 Å². The molecule has 0 unspecified atom stereocenters. The molecule has 17 heteroatoms. The lowest BCUT2D eigenvalue weighted by Crippen LogP contribution is -2.46. The molecule has 4 saturated heterocycles. The Hall–Kier alpha value is -2.79. The van der Waals surface area contributed by atoms with Crippen molar-refractivity contribution >= 4 is 41.9 Å². The first-order chi connectivity index (χ1) is 23.4. The Kier molecular flexibility index (Phi) is 18.9. The molecule has 0 aliphatic carbocycles. The number of likely N-dealkylation sites (tertiary alicyclic amines) is 2. The van der Waals surface area contributed by atoms with E-state index >= 15 is 0 Å². The fourth-order valence-corrected chi connectivity index (χ4v) is 6.91. The van der Waals surface area contributed by atoms with Gasteiger partial charge in [-0.3, -0.25) is 20.2 Å². The maximum absolute atomic E-state index is 13.9. The fraction of sp³-hybridized carbons (Fsp3) is 0.647. The molecule has 4 aliphatic rings. The smallest absolute Gasteiger partial charge is 0.340 e. The van der Waals surface area contributed by atoms with Crippen molar-refractivity contribution in [2.75, 3.05) is 57.9 Å². The minimum atomic E-state index is -1.14. The van der Waals surface area contributed by atoms with Crippen molar-refractivity contribution < 1.29 is 32.5 Å². The zero-order valence-electron chi connectivity index (χ0n) is 29.2. The Morgan fingerprint density at radius 3 is 1.45 bits per heavy atom. The number of benzene rings is 2. The molecule has 0 bridgehead atoms. The summed E-state index contributed by atoms with van der Waals surface area (Å²) in [6, 6.07) is 6.66. The van der Waals surface area contributed by atoms with Crippen molar-refractivity contribution in [2.45, 2.75) is 89.4 Å². The van der Waals surface area contributed by atoms with Crippen LogP contribution < -0.4 is 11.1 Å². The molecule has 0 spiro atoms. The molecule has 2 aromatic carbocycles. The van der Waals surface area contributed by atoms with Crippen LogP contribution in [0.2, 0.25) is 0 Å². The predicted octanol–water partition coefficient (Wildman–Crippen LogP) is 6.71. The van der Waals surface area contributed by atoms with Crippen LogP contribution >= 0.6 is 24.8 Å². The maximum Gasteiger partial charge on any atom is 0.340 e. The normalized spacial score (nSPS) is 19.6. The third-order valence-corrected chi connectivity index (χ3v) is 9.61. The van der Waals surface area contributed by atoms with Gasteiger partial charge in [-0.15, -0.1) is 24.8 Å². The van der Waals surface area contributed by atoms with E-state index in [0.717, 1.165) is 83.4 Å². The van der Waals surface area contributed by atoms with Gasteiger partial charge in [0, 0.05) is 63.7 Å². The van der Waals surface area contributed by atoms with E-state index in [4.69, 9.17) is 15.2 Å². The average Bonchev–Trinajstić information content (AvgIpc) is 3.06. The van der Waals surface area contributed by atoms with Gasteiger partial charge in [0.05, 0.1) is 9.85 Å². The third kappa shape index (κ3) is 13.3. The average molecular weight is 768 g/mol. The van der Waals surface area contributed by atoms with E-state index in [1.807, 2.05) is 0 Å². The molecule has 0 saturated carbocycles. The van der Waals surface area contributed by atoms with Crippen molar-refractivity contribution in [3.63, 3.8) is 0 Å². The van der Waals surface area contributed by atoms with Crippen molar-refractivity contribution in [1.29, 1.82) is 0 Å². The highest BCUT2D eigenvalue weighted by Gasteiger charge is 2.29. The Balaban J connectivity index is 0.000000284. The van der Waals surface area contributed by atoms with Gasteiger partial charge < -0.3 is 30.3 Å². The van der Waals surface area contributed by atoms with E-state index in [1.165, 1.54) is 51.8 Å². The van der Waals surface area contributed by atoms with Gasteiger partial charge in [0.2, 0.25) is 17.5 Å². The number of nitrogens with one attached hydrogen (secondary N) is 1. The molecule has 2 aromatic rings. The number of hydrogen-bond acceptors (Lipinski definition) is 10. The van der Waals surface area contributed by atoms with Crippen LogP contribution in [0.4, 0.5) is 30.2 Å². The first kappa shape index (κ1) is 44.4. The molecule has 0 aromatic heterocycles. The number of anilines is 1. The van der Waals surface area contributed by atoms with Crippen molar-refractivity contribution in [3.05, 3.63) is 73.1 Å². The number of rotatable bonds is 6. The van der Waals surface area contributed by atoms with Gasteiger partial charge in [-0.05, 0) is 114 Å². The summed E-state index contributed by atoms with van der Waals surface area (Å²) in [6.45, 7) is 11.1.